The number of allylic oxidation sites excluding steroid dienone is 1. The van der Waals surface area contributed by atoms with E-state index in [-0.39, 0.29) is 35.7 Å². The van der Waals surface area contributed by atoms with Gasteiger partial charge < -0.3 is 14.2 Å². The van der Waals surface area contributed by atoms with Crippen LogP contribution in [0.2, 0.25) is 0 Å². The maximum atomic E-state index is 11.8. The number of carbonyl (C=O) groups excluding carboxylic acids is 2. The standard InChI is InChI=1S/C17H22O5/c1-10-13-7-6-12(9-20-11(2)18)5-4-8-17(3)15(22-17)14(13)21-16(10)19/h5,13-15H,1,4,6-9H2,2-3H3/b12-5+/t13-,14-,15+,17+/m0/s1. The van der Waals surface area contributed by atoms with E-state index in [9.17, 15) is 9.59 Å². The van der Waals surface area contributed by atoms with Crippen LogP contribution in [0.3, 0.4) is 0 Å². The van der Waals surface area contributed by atoms with Gasteiger partial charge in [0.1, 0.15) is 18.8 Å². The molecular weight excluding hydrogens is 284 g/mol. The van der Waals surface area contributed by atoms with Crippen LogP contribution in [-0.2, 0) is 23.8 Å². The Kier molecular flexibility index (Phi) is 3.85. The molecule has 0 N–H and O–H groups in total. The molecule has 0 amide bonds. The predicted molar refractivity (Wildman–Crippen MR) is 79.0 cm³/mol. The molecule has 2 fully saturated rings. The second kappa shape index (κ2) is 5.54. The predicted octanol–water partition coefficient (Wildman–Crippen LogP) is 2.31. The zero-order valence-corrected chi connectivity index (χ0v) is 13.1. The first-order valence-corrected chi connectivity index (χ1v) is 7.79. The van der Waals surface area contributed by atoms with Crippen LogP contribution in [0.25, 0.3) is 0 Å². The molecule has 2 heterocycles. The maximum Gasteiger partial charge on any atom is 0.334 e. The first-order chi connectivity index (χ1) is 10.4. The lowest BCUT2D eigenvalue weighted by atomic mass is 9.84. The zero-order chi connectivity index (χ0) is 15.9. The molecule has 1 aliphatic carbocycles. The van der Waals surface area contributed by atoms with Gasteiger partial charge in [-0.1, -0.05) is 12.7 Å². The molecule has 3 aliphatic rings. The molecular formula is C17H22O5. The van der Waals surface area contributed by atoms with Crippen LogP contribution in [0, 0.1) is 5.92 Å². The summed E-state index contributed by atoms with van der Waals surface area (Å²) in [5, 5.41) is 0. The first-order valence-electron chi connectivity index (χ1n) is 7.79. The summed E-state index contributed by atoms with van der Waals surface area (Å²) in [4.78, 5) is 22.8. The highest BCUT2D eigenvalue weighted by Gasteiger charge is 2.61. The second-order valence-corrected chi connectivity index (χ2v) is 6.57. The Morgan fingerprint density at radius 2 is 2.32 bits per heavy atom. The monoisotopic (exact) mass is 306 g/mol. The van der Waals surface area contributed by atoms with E-state index in [0.717, 1.165) is 31.3 Å². The number of ether oxygens (including phenoxy) is 3. The lowest BCUT2D eigenvalue weighted by Gasteiger charge is -2.19. The fraction of sp³-hybridized carbons (Fsp3) is 0.647. The van der Waals surface area contributed by atoms with E-state index in [1.165, 1.54) is 6.92 Å². The molecule has 0 saturated carbocycles. The van der Waals surface area contributed by atoms with Crippen molar-refractivity contribution in [1.29, 1.82) is 0 Å². The van der Waals surface area contributed by atoms with Crippen LogP contribution in [0.1, 0.15) is 39.5 Å². The highest BCUT2D eigenvalue weighted by Crippen LogP contribution is 2.49. The van der Waals surface area contributed by atoms with Crippen LogP contribution in [0.4, 0.5) is 0 Å². The summed E-state index contributed by atoms with van der Waals surface area (Å²) in [5.74, 6) is -0.604. The Morgan fingerprint density at radius 3 is 3.05 bits per heavy atom. The van der Waals surface area contributed by atoms with Gasteiger partial charge in [-0.2, -0.15) is 0 Å². The molecule has 22 heavy (non-hydrogen) atoms. The van der Waals surface area contributed by atoms with E-state index in [1.807, 2.05) is 0 Å². The summed E-state index contributed by atoms with van der Waals surface area (Å²) in [6.07, 6.45) is 5.16. The van der Waals surface area contributed by atoms with Crippen molar-refractivity contribution in [3.63, 3.8) is 0 Å². The Labute approximate surface area is 130 Å². The van der Waals surface area contributed by atoms with E-state index in [2.05, 4.69) is 19.6 Å². The molecule has 0 aromatic rings. The molecule has 3 rings (SSSR count). The molecule has 5 heteroatoms. The number of epoxide rings is 1. The van der Waals surface area contributed by atoms with Crippen molar-refractivity contribution in [2.24, 2.45) is 5.92 Å². The van der Waals surface area contributed by atoms with Gasteiger partial charge in [0, 0.05) is 18.4 Å². The number of esters is 2. The topological polar surface area (TPSA) is 65.1 Å². The van der Waals surface area contributed by atoms with Crippen molar-refractivity contribution < 1.29 is 23.8 Å². The third kappa shape index (κ3) is 2.82. The summed E-state index contributed by atoms with van der Waals surface area (Å²) in [5.41, 5.74) is 1.40. The number of hydrogen-bond donors (Lipinski definition) is 0. The zero-order valence-electron chi connectivity index (χ0n) is 13.1. The fourth-order valence-corrected chi connectivity index (χ4v) is 3.45. The van der Waals surface area contributed by atoms with Gasteiger partial charge >= 0.3 is 11.9 Å². The van der Waals surface area contributed by atoms with Crippen LogP contribution in [0.5, 0.6) is 0 Å². The summed E-state index contributed by atoms with van der Waals surface area (Å²) in [6.45, 7) is 7.67. The quantitative estimate of drug-likeness (QED) is 0.339. The molecule has 0 aromatic carbocycles. The minimum atomic E-state index is -0.308. The van der Waals surface area contributed by atoms with Crippen molar-refractivity contribution in [3.05, 3.63) is 23.8 Å². The molecule has 5 nitrogen and oxygen atoms in total. The summed E-state index contributed by atoms with van der Waals surface area (Å²) < 4.78 is 16.5. The molecule has 0 unspecified atom stereocenters. The van der Waals surface area contributed by atoms with Crippen LogP contribution in [0.15, 0.2) is 23.8 Å². The van der Waals surface area contributed by atoms with Crippen LogP contribution >= 0.6 is 0 Å². The Morgan fingerprint density at radius 1 is 1.55 bits per heavy atom. The van der Waals surface area contributed by atoms with E-state index in [1.54, 1.807) is 0 Å². The van der Waals surface area contributed by atoms with Crippen molar-refractivity contribution in [1.82, 2.24) is 0 Å². The Bertz CT molecular complexity index is 549. The highest BCUT2D eigenvalue weighted by molar-refractivity contribution is 5.91. The normalized spacial score (nSPS) is 39.9. The van der Waals surface area contributed by atoms with Crippen LogP contribution in [-0.4, -0.2) is 36.4 Å². The Balaban J connectivity index is 1.76. The number of hydrogen-bond acceptors (Lipinski definition) is 5. The molecule has 0 aromatic heterocycles. The van der Waals surface area contributed by atoms with Gasteiger partial charge in [0.15, 0.2) is 0 Å². The minimum Gasteiger partial charge on any atom is -0.461 e. The average Bonchev–Trinajstić information content (AvgIpc) is 3.04. The number of fused-ring (bicyclic) bond motifs is 3. The van der Waals surface area contributed by atoms with Crippen molar-refractivity contribution in [2.45, 2.75) is 57.3 Å². The van der Waals surface area contributed by atoms with Gasteiger partial charge in [0.25, 0.3) is 0 Å². The third-order valence-corrected chi connectivity index (χ3v) is 4.90. The first kappa shape index (κ1) is 15.3. The SMILES string of the molecule is C=C1C(=O)O[C@@H]2[C@H]3O[C@]3(C)CC/C=C(/COC(C)=O)CC[C@@H]12. The van der Waals surface area contributed by atoms with Crippen molar-refractivity contribution in [3.8, 4) is 0 Å². The average molecular weight is 306 g/mol. The highest BCUT2D eigenvalue weighted by atomic mass is 16.6. The molecule has 0 bridgehead atoms. The third-order valence-electron chi connectivity index (χ3n) is 4.90. The summed E-state index contributed by atoms with van der Waals surface area (Å²) in [7, 11) is 0. The molecule has 4 atom stereocenters. The van der Waals surface area contributed by atoms with E-state index in [0.29, 0.717) is 12.2 Å². The van der Waals surface area contributed by atoms with E-state index >= 15 is 0 Å². The molecule has 2 aliphatic heterocycles. The van der Waals surface area contributed by atoms with Gasteiger partial charge in [0.2, 0.25) is 0 Å². The molecule has 2 saturated heterocycles. The van der Waals surface area contributed by atoms with Crippen molar-refractivity contribution >= 4 is 11.9 Å². The van der Waals surface area contributed by atoms with E-state index < -0.39 is 0 Å². The van der Waals surface area contributed by atoms with Crippen molar-refractivity contribution in [2.75, 3.05) is 6.61 Å². The molecule has 0 radical (unpaired) electrons. The lowest BCUT2D eigenvalue weighted by Crippen LogP contribution is -2.29. The number of rotatable bonds is 2. The second-order valence-electron chi connectivity index (χ2n) is 6.57. The molecule has 0 spiro atoms. The minimum absolute atomic E-state index is 0.0156. The van der Waals surface area contributed by atoms with Gasteiger partial charge in [-0.25, -0.2) is 4.79 Å². The Hall–Kier alpha value is -1.62. The van der Waals surface area contributed by atoms with Gasteiger partial charge in [0.05, 0.1) is 5.60 Å². The summed E-state index contributed by atoms with van der Waals surface area (Å²) in [6, 6.07) is 0. The smallest absolute Gasteiger partial charge is 0.334 e. The lowest BCUT2D eigenvalue weighted by molar-refractivity contribution is -0.141. The maximum absolute atomic E-state index is 11.8. The summed E-state index contributed by atoms with van der Waals surface area (Å²) >= 11 is 0. The number of carbonyl (C=O) groups is 2. The largest absolute Gasteiger partial charge is 0.461 e. The van der Waals surface area contributed by atoms with Gasteiger partial charge in [-0.15, -0.1) is 0 Å². The van der Waals surface area contributed by atoms with Crippen LogP contribution < -0.4 is 0 Å². The van der Waals surface area contributed by atoms with E-state index in [4.69, 9.17) is 14.2 Å². The molecule has 120 valence electrons. The van der Waals surface area contributed by atoms with Gasteiger partial charge in [-0.3, -0.25) is 4.79 Å². The van der Waals surface area contributed by atoms with Gasteiger partial charge in [-0.05, 0) is 38.2 Å². The fourth-order valence-electron chi connectivity index (χ4n) is 3.45.